The molecular weight excluding hydrogens is 236 g/mol. The largest absolute Gasteiger partial charge is 0.466 e. The van der Waals surface area contributed by atoms with Crippen LogP contribution in [-0.4, -0.2) is 30.2 Å². The highest BCUT2D eigenvalue weighted by molar-refractivity contribution is 5.81. The molecule has 1 aromatic heterocycles. The zero-order valence-corrected chi connectivity index (χ0v) is 10.7. The van der Waals surface area contributed by atoms with Crippen molar-refractivity contribution in [1.82, 2.24) is 10.5 Å². The normalized spacial score (nSPS) is 10.1. The molecule has 6 heteroatoms. The lowest BCUT2D eigenvalue weighted by Crippen LogP contribution is -2.26. The molecule has 0 fully saturated rings. The van der Waals surface area contributed by atoms with Crippen LogP contribution < -0.4 is 5.32 Å². The summed E-state index contributed by atoms with van der Waals surface area (Å²) in [5.74, 6) is 0.219. The summed E-state index contributed by atoms with van der Waals surface area (Å²) < 4.78 is 9.73. The zero-order valence-electron chi connectivity index (χ0n) is 10.7. The van der Waals surface area contributed by atoms with Gasteiger partial charge in [0.05, 0.1) is 18.7 Å². The standard InChI is InChI=1S/C12H18N2O4/c1-3-17-12(16)5-4-11(15)13-7-6-10-8-9(2)14-18-10/h8H,3-7H2,1-2H3,(H,13,15). The Labute approximate surface area is 106 Å². The number of amides is 1. The first-order valence-electron chi connectivity index (χ1n) is 5.96. The summed E-state index contributed by atoms with van der Waals surface area (Å²) in [6, 6.07) is 1.82. The lowest BCUT2D eigenvalue weighted by Gasteiger charge is -2.03. The summed E-state index contributed by atoms with van der Waals surface area (Å²) in [5.41, 5.74) is 0.818. The average molecular weight is 254 g/mol. The lowest BCUT2D eigenvalue weighted by atomic mass is 10.2. The van der Waals surface area contributed by atoms with Gasteiger partial charge in [0.2, 0.25) is 5.91 Å². The van der Waals surface area contributed by atoms with Crippen molar-refractivity contribution in [2.45, 2.75) is 33.1 Å². The number of nitrogens with one attached hydrogen (secondary N) is 1. The van der Waals surface area contributed by atoms with Crippen LogP contribution in [0.15, 0.2) is 10.6 Å². The van der Waals surface area contributed by atoms with E-state index in [1.54, 1.807) is 6.92 Å². The first-order valence-corrected chi connectivity index (χ1v) is 5.96. The van der Waals surface area contributed by atoms with Crippen molar-refractivity contribution in [3.63, 3.8) is 0 Å². The Bertz CT molecular complexity index is 401. The Morgan fingerprint density at radius 3 is 2.83 bits per heavy atom. The Morgan fingerprint density at radius 1 is 1.44 bits per heavy atom. The molecule has 6 nitrogen and oxygen atoms in total. The average Bonchev–Trinajstić information content (AvgIpc) is 2.73. The van der Waals surface area contributed by atoms with E-state index in [0.29, 0.717) is 19.6 Å². The molecule has 0 spiro atoms. The van der Waals surface area contributed by atoms with E-state index in [4.69, 9.17) is 9.26 Å². The molecule has 1 amide bonds. The van der Waals surface area contributed by atoms with Gasteiger partial charge in [-0.15, -0.1) is 0 Å². The number of aromatic nitrogens is 1. The van der Waals surface area contributed by atoms with Crippen molar-refractivity contribution >= 4 is 11.9 Å². The van der Waals surface area contributed by atoms with E-state index in [2.05, 4.69) is 10.5 Å². The van der Waals surface area contributed by atoms with Gasteiger partial charge in [-0.1, -0.05) is 5.16 Å². The molecule has 0 saturated heterocycles. The molecule has 1 N–H and O–H groups in total. The summed E-state index contributed by atoms with van der Waals surface area (Å²) in [7, 11) is 0. The second-order valence-electron chi connectivity index (χ2n) is 3.84. The third kappa shape index (κ3) is 5.47. The SMILES string of the molecule is CCOC(=O)CCC(=O)NCCc1cc(C)no1. The van der Waals surface area contributed by atoms with E-state index in [1.165, 1.54) is 0 Å². The molecule has 0 unspecified atom stereocenters. The Balaban J connectivity index is 2.12. The predicted molar refractivity (Wildman–Crippen MR) is 63.8 cm³/mol. The number of carbonyl (C=O) groups excluding carboxylic acids is 2. The molecule has 100 valence electrons. The van der Waals surface area contributed by atoms with Crippen LogP contribution in [0.1, 0.15) is 31.2 Å². The summed E-state index contributed by atoms with van der Waals surface area (Å²) in [6.45, 7) is 4.38. The van der Waals surface area contributed by atoms with Crippen molar-refractivity contribution < 1.29 is 18.8 Å². The van der Waals surface area contributed by atoms with Gasteiger partial charge < -0.3 is 14.6 Å². The Morgan fingerprint density at radius 2 is 2.22 bits per heavy atom. The number of hydrogen-bond acceptors (Lipinski definition) is 5. The van der Waals surface area contributed by atoms with Crippen molar-refractivity contribution in [2.75, 3.05) is 13.2 Å². The molecule has 1 heterocycles. The van der Waals surface area contributed by atoms with Crippen molar-refractivity contribution in [1.29, 1.82) is 0 Å². The maximum Gasteiger partial charge on any atom is 0.306 e. The minimum absolute atomic E-state index is 0.112. The number of carbonyl (C=O) groups is 2. The van der Waals surface area contributed by atoms with Gasteiger partial charge in [-0.2, -0.15) is 0 Å². The minimum atomic E-state index is -0.349. The van der Waals surface area contributed by atoms with Crippen molar-refractivity contribution in [3.05, 3.63) is 17.5 Å². The summed E-state index contributed by atoms with van der Waals surface area (Å²) in [4.78, 5) is 22.4. The van der Waals surface area contributed by atoms with Gasteiger partial charge in [-0.25, -0.2) is 0 Å². The molecule has 0 aromatic carbocycles. The molecule has 0 aliphatic heterocycles. The number of ether oxygens (including phenoxy) is 1. The monoisotopic (exact) mass is 254 g/mol. The van der Waals surface area contributed by atoms with Crippen molar-refractivity contribution in [3.8, 4) is 0 Å². The summed E-state index contributed by atoms with van der Waals surface area (Å²) in [6.07, 6.45) is 0.849. The molecule has 0 radical (unpaired) electrons. The van der Waals surface area contributed by atoms with Gasteiger partial charge in [-0.3, -0.25) is 9.59 Å². The first-order chi connectivity index (χ1) is 8.61. The fraction of sp³-hybridized carbons (Fsp3) is 0.583. The quantitative estimate of drug-likeness (QED) is 0.734. The van der Waals surface area contributed by atoms with Gasteiger partial charge in [0, 0.05) is 25.5 Å². The van der Waals surface area contributed by atoms with E-state index in [1.807, 2.05) is 13.0 Å². The molecule has 1 rings (SSSR count). The van der Waals surface area contributed by atoms with E-state index >= 15 is 0 Å². The second kappa shape index (κ2) is 7.47. The van der Waals surface area contributed by atoms with Crippen LogP contribution in [-0.2, 0) is 20.7 Å². The van der Waals surface area contributed by atoms with Crippen LogP contribution in [0.5, 0.6) is 0 Å². The van der Waals surface area contributed by atoms with Crippen LogP contribution in [0.25, 0.3) is 0 Å². The Kier molecular flexibility index (Phi) is 5.90. The first kappa shape index (κ1) is 14.2. The second-order valence-corrected chi connectivity index (χ2v) is 3.84. The van der Waals surface area contributed by atoms with Crippen LogP contribution >= 0.6 is 0 Å². The van der Waals surface area contributed by atoms with Gasteiger partial charge in [0.1, 0.15) is 5.76 Å². The van der Waals surface area contributed by atoms with Crippen LogP contribution in [0.3, 0.4) is 0 Å². The van der Waals surface area contributed by atoms with E-state index in [0.717, 1.165) is 11.5 Å². The topological polar surface area (TPSA) is 81.4 Å². The third-order valence-corrected chi connectivity index (χ3v) is 2.23. The zero-order chi connectivity index (χ0) is 13.4. The smallest absolute Gasteiger partial charge is 0.306 e. The van der Waals surface area contributed by atoms with E-state index < -0.39 is 0 Å². The van der Waals surface area contributed by atoms with Gasteiger partial charge in [0.25, 0.3) is 0 Å². The third-order valence-electron chi connectivity index (χ3n) is 2.23. The molecule has 0 saturated carbocycles. The number of esters is 1. The van der Waals surface area contributed by atoms with Gasteiger partial charge in [0.15, 0.2) is 0 Å². The summed E-state index contributed by atoms with van der Waals surface area (Å²) in [5, 5.41) is 6.45. The van der Waals surface area contributed by atoms with E-state index in [9.17, 15) is 9.59 Å². The Hall–Kier alpha value is -1.85. The number of nitrogens with zero attached hydrogens (tertiary/aromatic N) is 1. The van der Waals surface area contributed by atoms with Crippen molar-refractivity contribution in [2.24, 2.45) is 0 Å². The minimum Gasteiger partial charge on any atom is -0.466 e. The number of rotatable bonds is 7. The highest BCUT2D eigenvalue weighted by atomic mass is 16.5. The summed E-state index contributed by atoms with van der Waals surface area (Å²) >= 11 is 0. The highest BCUT2D eigenvalue weighted by Crippen LogP contribution is 2.02. The van der Waals surface area contributed by atoms with Crippen LogP contribution in [0.4, 0.5) is 0 Å². The lowest BCUT2D eigenvalue weighted by molar-refractivity contribution is -0.144. The highest BCUT2D eigenvalue weighted by Gasteiger charge is 2.07. The molecule has 0 aliphatic rings. The number of aryl methyl sites for hydroxylation is 1. The maximum atomic E-state index is 11.4. The van der Waals surface area contributed by atoms with E-state index in [-0.39, 0.29) is 24.7 Å². The van der Waals surface area contributed by atoms with Gasteiger partial charge in [-0.05, 0) is 13.8 Å². The molecule has 0 bridgehead atoms. The fourth-order valence-electron chi connectivity index (χ4n) is 1.40. The fourth-order valence-corrected chi connectivity index (χ4v) is 1.40. The molecule has 0 atom stereocenters. The number of hydrogen-bond donors (Lipinski definition) is 1. The molecule has 18 heavy (non-hydrogen) atoms. The molecule has 1 aromatic rings. The molecule has 0 aliphatic carbocycles. The predicted octanol–water partition coefficient (Wildman–Crippen LogP) is 0.985. The maximum absolute atomic E-state index is 11.4. The molecular formula is C12H18N2O4. The van der Waals surface area contributed by atoms with Crippen LogP contribution in [0.2, 0.25) is 0 Å². The van der Waals surface area contributed by atoms with Gasteiger partial charge >= 0.3 is 5.97 Å². The van der Waals surface area contributed by atoms with Crippen LogP contribution in [0, 0.1) is 6.92 Å².